The second-order valence-corrected chi connectivity index (χ2v) is 8.56. The van der Waals surface area contributed by atoms with E-state index in [2.05, 4.69) is 6.92 Å². The maximum atomic E-state index is 14.4. The highest BCUT2D eigenvalue weighted by Crippen LogP contribution is 2.34. The quantitative estimate of drug-likeness (QED) is 0.472. The molecule has 0 radical (unpaired) electrons. The van der Waals surface area contributed by atoms with Crippen molar-refractivity contribution in [3.63, 3.8) is 0 Å². The van der Waals surface area contributed by atoms with Gasteiger partial charge in [0.05, 0.1) is 32.0 Å². The minimum absolute atomic E-state index is 0.0267. The van der Waals surface area contributed by atoms with E-state index in [0.29, 0.717) is 31.5 Å². The fraction of sp³-hybridized carbons (Fsp3) is 0.750. The number of hydrogen-bond donors (Lipinski definition) is 0. The Morgan fingerprint density at radius 2 is 1.79 bits per heavy atom. The Morgan fingerprint density at radius 1 is 1.00 bits per heavy atom. The van der Waals surface area contributed by atoms with Gasteiger partial charge in [0.15, 0.2) is 11.6 Å². The van der Waals surface area contributed by atoms with E-state index in [9.17, 15) is 8.78 Å². The Bertz CT molecular complexity index is 621. The van der Waals surface area contributed by atoms with E-state index >= 15 is 0 Å². The highest BCUT2D eigenvalue weighted by atomic mass is 19.2. The molecule has 1 aliphatic heterocycles. The molecule has 0 amide bonds. The molecule has 0 spiro atoms. The lowest BCUT2D eigenvalue weighted by atomic mass is 9.84. The zero-order valence-corrected chi connectivity index (χ0v) is 17.9. The third-order valence-electron chi connectivity index (χ3n) is 6.46. The maximum Gasteiger partial charge on any atom is 0.200 e. The third-order valence-corrected chi connectivity index (χ3v) is 6.46. The first kappa shape index (κ1) is 22.5. The van der Waals surface area contributed by atoms with Crippen LogP contribution >= 0.6 is 0 Å². The number of benzene rings is 1. The fourth-order valence-electron chi connectivity index (χ4n) is 4.64. The Kier molecular flexibility index (Phi) is 8.73. The summed E-state index contributed by atoms with van der Waals surface area (Å²) in [4.78, 5) is 0. The van der Waals surface area contributed by atoms with Gasteiger partial charge in [0.1, 0.15) is 0 Å². The van der Waals surface area contributed by atoms with E-state index < -0.39 is 11.6 Å². The average Bonchev–Trinajstić information content (AvgIpc) is 2.75. The van der Waals surface area contributed by atoms with E-state index in [1.54, 1.807) is 13.0 Å². The molecular weight excluding hydrogens is 374 g/mol. The number of hydrogen-bond acceptors (Lipinski definition) is 3. The van der Waals surface area contributed by atoms with Crippen LogP contribution in [0.5, 0.6) is 5.75 Å². The lowest BCUT2D eigenvalue weighted by molar-refractivity contribution is -0.0781. The number of halogens is 2. The summed E-state index contributed by atoms with van der Waals surface area (Å²) in [7, 11) is 0. The van der Waals surface area contributed by atoms with E-state index in [1.807, 2.05) is 0 Å². The van der Waals surface area contributed by atoms with Crippen molar-refractivity contribution in [3.05, 3.63) is 29.3 Å². The fourth-order valence-corrected chi connectivity index (χ4v) is 4.64. The van der Waals surface area contributed by atoms with Crippen molar-refractivity contribution in [1.29, 1.82) is 0 Å². The Balaban J connectivity index is 1.40. The van der Waals surface area contributed by atoms with E-state index in [0.717, 1.165) is 31.6 Å². The van der Waals surface area contributed by atoms with Crippen LogP contribution in [0.4, 0.5) is 8.78 Å². The number of ether oxygens (including phenoxy) is 3. The molecule has 1 saturated heterocycles. The second-order valence-electron chi connectivity index (χ2n) is 8.56. The molecule has 3 nitrogen and oxygen atoms in total. The maximum absolute atomic E-state index is 14.4. The molecule has 2 unspecified atom stereocenters. The van der Waals surface area contributed by atoms with Crippen LogP contribution in [0.3, 0.4) is 0 Å². The van der Waals surface area contributed by atoms with Crippen molar-refractivity contribution in [2.75, 3.05) is 19.8 Å². The molecule has 2 aliphatic rings. The molecule has 3 rings (SSSR count). The van der Waals surface area contributed by atoms with Gasteiger partial charge in [-0.3, -0.25) is 0 Å². The molecule has 1 aromatic rings. The Labute approximate surface area is 174 Å². The molecule has 0 bridgehead atoms. The first-order chi connectivity index (χ1) is 14.1. The summed E-state index contributed by atoms with van der Waals surface area (Å²) >= 11 is 0. The van der Waals surface area contributed by atoms with Gasteiger partial charge in [-0.1, -0.05) is 32.3 Å². The summed E-state index contributed by atoms with van der Waals surface area (Å²) in [5.74, 6) is -0.971. The van der Waals surface area contributed by atoms with E-state index in [1.165, 1.54) is 38.2 Å². The molecule has 1 aromatic carbocycles. The van der Waals surface area contributed by atoms with Crippen LogP contribution in [0.15, 0.2) is 12.1 Å². The molecule has 2 fully saturated rings. The zero-order chi connectivity index (χ0) is 20.6. The van der Waals surface area contributed by atoms with Crippen molar-refractivity contribution < 1.29 is 23.0 Å². The van der Waals surface area contributed by atoms with Crippen molar-refractivity contribution in [2.45, 2.75) is 89.8 Å². The minimum Gasteiger partial charge on any atom is -0.491 e. The van der Waals surface area contributed by atoms with Gasteiger partial charge < -0.3 is 14.2 Å². The summed E-state index contributed by atoms with van der Waals surface area (Å²) < 4.78 is 45.8. The smallest absolute Gasteiger partial charge is 0.200 e. The summed E-state index contributed by atoms with van der Waals surface area (Å²) in [5.41, 5.74) is 0.385. The van der Waals surface area contributed by atoms with Gasteiger partial charge in [-0.25, -0.2) is 4.39 Å². The van der Waals surface area contributed by atoms with Crippen LogP contribution in [-0.2, 0) is 9.47 Å². The molecule has 164 valence electrons. The topological polar surface area (TPSA) is 27.7 Å². The van der Waals surface area contributed by atoms with E-state index in [-0.39, 0.29) is 17.8 Å². The zero-order valence-electron chi connectivity index (χ0n) is 17.9. The summed E-state index contributed by atoms with van der Waals surface area (Å²) in [6, 6.07) is 3.15. The van der Waals surface area contributed by atoms with Gasteiger partial charge in [-0.05, 0) is 63.0 Å². The summed E-state index contributed by atoms with van der Waals surface area (Å²) in [5, 5.41) is 0. The Hall–Kier alpha value is -1.20. The molecule has 0 N–H and O–H groups in total. The normalized spacial score (nSPS) is 27.7. The van der Waals surface area contributed by atoms with Crippen LogP contribution in [0, 0.1) is 17.6 Å². The van der Waals surface area contributed by atoms with Gasteiger partial charge in [0.2, 0.25) is 5.82 Å². The van der Waals surface area contributed by atoms with E-state index in [4.69, 9.17) is 14.2 Å². The predicted molar refractivity (Wildman–Crippen MR) is 110 cm³/mol. The van der Waals surface area contributed by atoms with Crippen LogP contribution in [0.25, 0.3) is 0 Å². The molecule has 29 heavy (non-hydrogen) atoms. The van der Waals surface area contributed by atoms with Crippen molar-refractivity contribution in [1.82, 2.24) is 0 Å². The molecule has 0 aromatic heterocycles. The molecule has 1 saturated carbocycles. The largest absolute Gasteiger partial charge is 0.491 e. The van der Waals surface area contributed by atoms with Crippen LogP contribution in [0.2, 0.25) is 0 Å². The average molecular weight is 411 g/mol. The Morgan fingerprint density at radius 3 is 2.45 bits per heavy atom. The molecule has 2 atom stereocenters. The highest BCUT2D eigenvalue weighted by molar-refractivity contribution is 5.33. The monoisotopic (exact) mass is 410 g/mol. The first-order valence-electron chi connectivity index (χ1n) is 11.5. The van der Waals surface area contributed by atoms with Crippen LogP contribution < -0.4 is 4.74 Å². The lowest BCUT2D eigenvalue weighted by Gasteiger charge is -2.32. The van der Waals surface area contributed by atoms with Crippen molar-refractivity contribution in [2.24, 2.45) is 5.92 Å². The molecule has 1 heterocycles. The van der Waals surface area contributed by atoms with Crippen LogP contribution in [0.1, 0.15) is 83.1 Å². The molecular formula is C24H36F2O3. The summed E-state index contributed by atoms with van der Waals surface area (Å²) in [6.07, 6.45) is 10.8. The number of unbranched alkanes of at least 4 members (excludes halogenated alkanes) is 1. The van der Waals surface area contributed by atoms with Gasteiger partial charge in [-0.2, -0.15) is 4.39 Å². The lowest BCUT2D eigenvalue weighted by Crippen LogP contribution is -2.32. The summed E-state index contributed by atoms with van der Waals surface area (Å²) in [6.45, 7) is 5.33. The molecule has 1 aliphatic carbocycles. The standard InChI is InChI=1S/C24H36F2O3/c1-3-5-6-17-7-10-19(11-8-17)29-16-20-12-9-18(15-28-20)21-13-14-22(27-4-2)24(26)23(21)25/h13-14,17-20H,3-12,15-16H2,1-2H3. The molecule has 5 heteroatoms. The highest BCUT2D eigenvalue weighted by Gasteiger charge is 2.28. The SMILES string of the molecule is CCCCC1CCC(OCC2CCC(c3ccc(OCC)c(F)c3F)CO2)CC1. The number of rotatable bonds is 9. The predicted octanol–water partition coefficient (Wildman–Crippen LogP) is 6.39. The van der Waals surface area contributed by atoms with Crippen molar-refractivity contribution in [3.8, 4) is 5.75 Å². The van der Waals surface area contributed by atoms with Crippen molar-refractivity contribution >= 4 is 0 Å². The van der Waals surface area contributed by atoms with Gasteiger partial charge >= 0.3 is 0 Å². The van der Waals surface area contributed by atoms with Gasteiger partial charge in [0, 0.05) is 5.92 Å². The van der Waals surface area contributed by atoms with Gasteiger partial charge in [-0.15, -0.1) is 0 Å². The second kappa shape index (κ2) is 11.3. The minimum atomic E-state index is -0.899. The first-order valence-corrected chi connectivity index (χ1v) is 11.5. The van der Waals surface area contributed by atoms with Crippen LogP contribution in [-0.4, -0.2) is 32.0 Å². The van der Waals surface area contributed by atoms with Gasteiger partial charge in [0.25, 0.3) is 0 Å². The third kappa shape index (κ3) is 6.14.